The minimum atomic E-state index is -3.00. The van der Waals surface area contributed by atoms with Crippen molar-refractivity contribution in [1.82, 2.24) is 9.71 Å². The third kappa shape index (κ3) is 9.33. The highest BCUT2D eigenvalue weighted by atomic mass is 32.2. The van der Waals surface area contributed by atoms with Crippen LogP contribution in [0.4, 0.5) is 0 Å². The molecule has 5 nitrogen and oxygen atoms in total. The van der Waals surface area contributed by atoms with Gasteiger partial charge in [0.25, 0.3) is 0 Å². The van der Waals surface area contributed by atoms with Gasteiger partial charge in [-0.2, -0.15) is 0 Å². The van der Waals surface area contributed by atoms with E-state index in [2.05, 4.69) is 29.6 Å². The van der Waals surface area contributed by atoms with Gasteiger partial charge < -0.3 is 5.73 Å². The van der Waals surface area contributed by atoms with Gasteiger partial charge >= 0.3 is 0 Å². The number of nitrogens with two attached hydrogens (primary N) is 1. The molecule has 3 atom stereocenters. The van der Waals surface area contributed by atoms with Gasteiger partial charge in [-0.05, 0) is 55.6 Å². The van der Waals surface area contributed by atoms with Crippen LogP contribution < -0.4 is 10.5 Å². The minimum Gasteiger partial charge on any atom is -0.326 e. The first-order valence-corrected chi connectivity index (χ1v) is 10.6. The molecule has 6 heteroatoms. The van der Waals surface area contributed by atoms with Gasteiger partial charge in [0.1, 0.15) is 0 Å². The number of aromatic nitrogens is 1. The van der Waals surface area contributed by atoms with Crippen molar-refractivity contribution in [1.29, 1.82) is 0 Å². The first kappa shape index (κ1) is 24.0. The molecule has 1 aliphatic rings. The molecule has 0 amide bonds. The summed E-state index contributed by atoms with van der Waals surface area (Å²) in [7, 11) is -3.00. The van der Waals surface area contributed by atoms with Gasteiger partial charge in [0.15, 0.2) is 0 Å². The predicted molar refractivity (Wildman–Crippen MR) is 107 cm³/mol. The monoisotopic (exact) mass is 371 g/mol. The summed E-state index contributed by atoms with van der Waals surface area (Å²) >= 11 is 0. The molecule has 0 aliphatic heterocycles. The number of pyridine rings is 1. The summed E-state index contributed by atoms with van der Waals surface area (Å²) in [6.07, 6.45) is 6.60. The summed E-state index contributed by atoms with van der Waals surface area (Å²) in [4.78, 5) is 4.17. The van der Waals surface area contributed by atoms with Crippen molar-refractivity contribution in [3.8, 4) is 0 Å². The Morgan fingerprint density at radius 1 is 1.24 bits per heavy atom. The first-order valence-electron chi connectivity index (χ1n) is 8.69. The maximum Gasteiger partial charge on any atom is 0.208 e. The topological polar surface area (TPSA) is 85.1 Å². The van der Waals surface area contributed by atoms with Crippen LogP contribution in [0.5, 0.6) is 0 Å². The van der Waals surface area contributed by atoms with Gasteiger partial charge in [-0.25, -0.2) is 13.1 Å². The number of nitrogens with zero attached hydrogens (tertiary/aromatic N) is 1. The molecule has 0 radical (unpaired) electrons. The maximum atomic E-state index is 10.9. The van der Waals surface area contributed by atoms with Crippen molar-refractivity contribution >= 4 is 10.0 Å². The van der Waals surface area contributed by atoms with Gasteiger partial charge in [-0.1, -0.05) is 33.8 Å². The molecular formula is C19H37N3O2S. The van der Waals surface area contributed by atoms with E-state index in [1.54, 1.807) is 0 Å². The number of nitrogens with one attached hydrogen (secondary N) is 1. The standard InChI is InChI=1S/C10H21NO2S.C8H12N2.CH4/c1-8-4-5-10(6-9(8)2)7-11-14(3,12)13;1-6-3-8(4-9)5-10-7(6)2;/h8-11H,4-7H2,1-3H3;3,5H,4,9H2,1-2H3;1H4. The SMILES string of the molecule is C.CC1CCC(CNS(C)(=O)=O)CC1C.Cc1cc(CN)cnc1C. The number of sulfonamides is 1. The Labute approximate surface area is 154 Å². The summed E-state index contributed by atoms with van der Waals surface area (Å²) in [5.74, 6) is 2.07. The lowest BCUT2D eigenvalue weighted by Crippen LogP contribution is -2.32. The smallest absolute Gasteiger partial charge is 0.208 e. The number of hydrogen-bond acceptors (Lipinski definition) is 4. The minimum absolute atomic E-state index is 0. The molecule has 1 aliphatic carbocycles. The highest BCUT2D eigenvalue weighted by Crippen LogP contribution is 2.32. The van der Waals surface area contributed by atoms with Gasteiger partial charge in [0, 0.05) is 25.0 Å². The maximum absolute atomic E-state index is 10.9. The summed E-state index contributed by atoms with van der Waals surface area (Å²) in [5.41, 5.74) is 8.82. The molecule has 0 spiro atoms. The second-order valence-corrected chi connectivity index (χ2v) is 9.04. The third-order valence-electron chi connectivity index (χ3n) is 4.97. The molecule has 1 saturated carbocycles. The van der Waals surface area contributed by atoms with Gasteiger partial charge in [-0.15, -0.1) is 0 Å². The van der Waals surface area contributed by atoms with Crippen LogP contribution in [-0.4, -0.2) is 26.2 Å². The lowest BCUT2D eigenvalue weighted by atomic mass is 9.76. The van der Waals surface area contributed by atoms with E-state index in [1.165, 1.54) is 18.2 Å². The Bertz CT molecular complexity index is 617. The summed E-state index contributed by atoms with van der Waals surface area (Å²) in [6, 6.07) is 2.07. The fraction of sp³-hybridized carbons (Fsp3) is 0.737. The lowest BCUT2D eigenvalue weighted by Gasteiger charge is -2.31. The zero-order valence-electron chi connectivity index (χ0n) is 15.7. The molecule has 1 fully saturated rings. The molecule has 1 heterocycles. The second-order valence-electron chi connectivity index (χ2n) is 7.20. The van der Waals surface area contributed by atoms with Gasteiger partial charge in [-0.3, -0.25) is 4.98 Å². The van der Waals surface area contributed by atoms with Crippen LogP contribution in [0.15, 0.2) is 12.3 Å². The van der Waals surface area contributed by atoms with Crippen LogP contribution in [0.25, 0.3) is 0 Å². The van der Waals surface area contributed by atoms with E-state index >= 15 is 0 Å². The van der Waals surface area contributed by atoms with Crippen LogP contribution >= 0.6 is 0 Å². The van der Waals surface area contributed by atoms with Crippen LogP contribution in [0.3, 0.4) is 0 Å². The molecule has 0 saturated heterocycles. The van der Waals surface area contributed by atoms with E-state index in [-0.39, 0.29) is 7.43 Å². The molecule has 146 valence electrons. The molecule has 3 N–H and O–H groups in total. The Kier molecular flexibility index (Phi) is 10.5. The fourth-order valence-corrected chi connectivity index (χ4v) is 3.47. The molecule has 0 bridgehead atoms. The van der Waals surface area contributed by atoms with Crippen molar-refractivity contribution in [2.45, 2.75) is 60.9 Å². The van der Waals surface area contributed by atoms with Crippen LogP contribution in [-0.2, 0) is 16.6 Å². The predicted octanol–water partition coefficient (Wildman–Crippen LogP) is 3.40. The average molecular weight is 372 g/mol. The van der Waals surface area contributed by atoms with Crippen molar-refractivity contribution in [2.75, 3.05) is 12.8 Å². The van der Waals surface area contributed by atoms with Crippen molar-refractivity contribution < 1.29 is 8.42 Å². The molecule has 1 aromatic heterocycles. The Morgan fingerprint density at radius 3 is 2.36 bits per heavy atom. The Morgan fingerprint density at radius 2 is 1.88 bits per heavy atom. The quantitative estimate of drug-likeness (QED) is 0.849. The van der Waals surface area contributed by atoms with Crippen LogP contribution in [0.2, 0.25) is 0 Å². The third-order valence-corrected chi connectivity index (χ3v) is 5.66. The number of aryl methyl sites for hydroxylation is 2. The molecule has 2 rings (SSSR count). The molecule has 0 aromatic carbocycles. The Balaban J connectivity index is 0.000000465. The lowest BCUT2D eigenvalue weighted by molar-refractivity contribution is 0.210. The molecule has 1 aromatic rings. The van der Waals surface area contributed by atoms with Gasteiger partial charge in [0.05, 0.1) is 6.26 Å². The average Bonchev–Trinajstić information content (AvgIpc) is 2.51. The van der Waals surface area contributed by atoms with E-state index in [0.717, 1.165) is 35.9 Å². The van der Waals surface area contributed by atoms with Crippen LogP contribution in [0.1, 0.15) is 57.4 Å². The van der Waals surface area contributed by atoms with E-state index in [9.17, 15) is 8.42 Å². The summed E-state index contributed by atoms with van der Waals surface area (Å²) < 4.78 is 24.4. The molecule has 25 heavy (non-hydrogen) atoms. The fourth-order valence-electron chi connectivity index (χ4n) is 2.93. The second kappa shape index (κ2) is 10.9. The summed E-state index contributed by atoms with van der Waals surface area (Å²) in [5, 5.41) is 0. The number of rotatable bonds is 4. The Hall–Kier alpha value is -0.980. The van der Waals surface area contributed by atoms with E-state index in [0.29, 0.717) is 19.0 Å². The van der Waals surface area contributed by atoms with Crippen molar-refractivity contribution in [3.63, 3.8) is 0 Å². The highest BCUT2D eigenvalue weighted by Gasteiger charge is 2.24. The first-order chi connectivity index (χ1) is 11.1. The molecular weight excluding hydrogens is 334 g/mol. The largest absolute Gasteiger partial charge is 0.326 e. The van der Waals surface area contributed by atoms with Crippen molar-refractivity contribution in [3.05, 3.63) is 29.1 Å². The molecule has 3 unspecified atom stereocenters. The summed E-state index contributed by atoms with van der Waals surface area (Å²) in [6.45, 7) is 9.78. The van der Waals surface area contributed by atoms with Crippen molar-refractivity contribution in [2.24, 2.45) is 23.5 Å². The van der Waals surface area contributed by atoms with E-state index in [4.69, 9.17) is 5.73 Å². The number of hydrogen-bond donors (Lipinski definition) is 2. The van der Waals surface area contributed by atoms with E-state index < -0.39 is 10.0 Å². The highest BCUT2D eigenvalue weighted by molar-refractivity contribution is 7.88. The van der Waals surface area contributed by atoms with E-state index in [1.807, 2.05) is 20.0 Å². The zero-order valence-corrected chi connectivity index (χ0v) is 16.5. The zero-order chi connectivity index (χ0) is 18.3. The van der Waals surface area contributed by atoms with Crippen LogP contribution in [0, 0.1) is 31.6 Å². The van der Waals surface area contributed by atoms with Gasteiger partial charge in [0.2, 0.25) is 10.0 Å². The normalized spacial score (nSPS) is 23.2.